The zero-order chi connectivity index (χ0) is 16.7. The molecular weight excluding hydrogens is 324 g/mol. The summed E-state index contributed by atoms with van der Waals surface area (Å²) in [6.07, 6.45) is 3.31. The molecule has 0 aromatic heterocycles. The Bertz CT molecular complexity index is 689. The van der Waals surface area contributed by atoms with Crippen molar-refractivity contribution in [3.05, 3.63) is 23.8 Å². The Hall–Kier alpha value is -1.73. The Balaban J connectivity index is 1.45. The van der Waals surface area contributed by atoms with Crippen LogP contribution in [0.2, 0.25) is 0 Å². The minimum absolute atomic E-state index is 0.00457. The molecule has 1 aliphatic carbocycles. The summed E-state index contributed by atoms with van der Waals surface area (Å²) >= 11 is 1.64. The van der Waals surface area contributed by atoms with Crippen LogP contribution in [0.1, 0.15) is 25.3 Å². The fourth-order valence-corrected chi connectivity index (χ4v) is 3.94. The Morgan fingerprint density at radius 1 is 1.38 bits per heavy atom. The summed E-state index contributed by atoms with van der Waals surface area (Å²) in [4.78, 5) is 28.8. The van der Waals surface area contributed by atoms with E-state index in [0.29, 0.717) is 19.6 Å². The van der Waals surface area contributed by atoms with Crippen molar-refractivity contribution in [2.75, 3.05) is 31.1 Å². The highest BCUT2D eigenvalue weighted by molar-refractivity contribution is 7.97. The molecule has 0 spiro atoms. The van der Waals surface area contributed by atoms with Crippen molar-refractivity contribution in [2.24, 2.45) is 0 Å². The zero-order valence-electron chi connectivity index (χ0n) is 13.8. The molecule has 2 heterocycles. The number of nitrogens with zero attached hydrogens (tertiary/aromatic N) is 2. The molecule has 1 aromatic carbocycles. The Kier molecular flexibility index (Phi) is 3.92. The molecule has 6 nitrogen and oxygen atoms in total. The second-order valence-electron chi connectivity index (χ2n) is 7.00. The van der Waals surface area contributed by atoms with Gasteiger partial charge in [-0.05, 0) is 55.8 Å². The average molecular weight is 346 g/mol. The lowest BCUT2D eigenvalue weighted by atomic mass is 10.2. The molecule has 1 saturated heterocycles. The molecular formula is C17H22N4O2S. The van der Waals surface area contributed by atoms with Crippen LogP contribution in [0.5, 0.6) is 0 Å². The summed E-state index contributed by atoms with van der Waals surface area (Å²) in [6, 6.07) is 6.18. The van der Waals surface area contributed by atoms with E-state index in [4.69, 9.17) is 0 Å². The van der Waals surface area contributed by atoms with Crippen LogP contribution in [0.3, 0.4) is 0 Å². The molecule has 2 N–H and O–H groups in total. The van der Waals surface area contributed by atoms with Crippen LogP contribution in [0.15, 0.2) is 23.1 Å². The summed E-state index contributed by atoms with van der Waals surface area (Å²) in [5.41, 5.74) is 2.46. The van der Waals surface area contributed by atoms with Gasteiger partial charge in [0.15, 0.2) is 0 Å². The van der Waals surface area contributed by atoms with Crippen LogP contribution in [0.25, 0.3) is 0 Å². The number of carbonyl (C=O) groups excluding carboxylic acids is 2. The third-order valence-corrected chi connectivity index (χ3v) is 6.02. The quantitative estimate of drug-likeness (QED) is 0.798. The summed E-state index contributed by atoms with van der Waals surface area (Å²) in [6.45, 7) is 4.30. The topological polar surface area (TPSA) is 64.7 Å². The third-order valence-electron chi connectivity index (χ3n) is 4.94. The minimum Gasteiger partial charge on any atom is -0.336 e. The Morgan fingerprint density at radius 3 is 2.92 bits per heavy atom. The van der Waals surface area contributed by atoms with Crippen LogP contribution in [0, 0.1) is 0 Å². The third kappa shape index (κ3) is 3.10. The predicted molar refractivity (Wildman–Crippen MR) is 94.1 cm³/mol. The fourth-order valence-electron chi connectivity index (χ4n) is 3.06. The molecule has 4 rings (SSSR count). The first-order valence-corrected chi connectivity index (χ1v) is 9.26. The Morgan fingerprint density at radius 2 is 2.21 bits per heavy atom. The molecule has 128 valence electrons. The van der Waals surface area contributed by atoms with Gasteiger partial charge in [-0.1, -0.05) is 6.07 Å². The standard InChI is InChI=1S/C17H22N4O2S/c1-17(5-6-17)19-24-13-3-2-12-4-8-21(14(12)10-13)15(22)11-20-9-7-18-16(20)23/h2-3,10,19H,4-9,11H2,1H3,(H,18,23). The average Bonchev–Trinajstić information content (AvgIpc) is 2.97. The number of hydrogen-bond donors (Lipinski definition) is 2. The molecule has 7 heteroatoms. The molecule has 0 radical (unpaired) electrons. The molecule has 2 fully saturated rings. The van der Waals surface area contributed by atoms with Gasteiger partial charge in [0.1, 0.15) is 6.54 Å². The van der Waals surface area contributed by atoms with Crippen molar-refractivity contribution >= 4 is 29.6 Å². The van der Waals surface area contributed by atoms with Crippen LogP contribution in [-0.2, 0) is 11.2 Å². The van der Waals surface area contributed by atoms with Crippen LogP contribution in [0.4, 0.5) is 10.5 Å². The second kappa shape index (κ2) is 5.97. The lowest BCUT2D eigenvalue weighted by Gasteiger charge is -2.21. The summed E-state index contributed by atoms with van der Waals surface area (Å²) < 4.78 is 3.50. The van der Waals surface area contributed by atoms with Crippen molar-refractivity contribution < 1.29 is 9.59 Å². The van der Waals surface area contributed by atoms with E-state index in [0.717, 1.165) is 17.0 Å². The maximum absolute atomic E-state index is 12.6. The van der Waals surface area contributed by atoms with Gasteiger partial charge >= 0.3 is 6.03 Å². The molecule has 1 saturated carbocycles. The first kappa shape index (κ1) is 15.8. The number of benzene rings is 1. The maximum Gasteiger partial charge on any atom is 0.317 e. The first-order chi connectivity index (χ1) is 11.5. The number of amides is 3. The molecule has 2 aliphatic heterocycles. The lowest BCUT2D eigenvalue weighted by molar-refractivity contribution is -0.118. The van der Waals surface area contributed by atoms with Gasteiger partial charge in [-0.15, -0.1) is 0 Å². The van der Waals surface area contributed by atoms with Gasteiger partial charge in [0.05, 0.1) is 0 Å². The highest BCUT2D eigenvalue weighted by atomic mass is 32.2. The van der Waals surface area contributed by atoms with Crippen LogP contribution in [-0.4, -0.2) is 48.6 Å². The monoisotopic (exact) mass is 346 g/mol. The highest BCUT2D eigenvalue weighted by Gasteiger charge is 2.37. The van der Waals surface area contributed by atoms with E-state index in [2.05, 4.69) is 35.2 Å². The molecule has 3 aliphatic rings. The van der Waals surface area contributed by atoms with Crippen LogP contribution >= 0.6 is 11.9 Å². The van der Waals surface area contributed by atoms with E-state index in [9.17, 15) is 9.59 Å². The number of fused-ring (bicyclic) bond motifs is 1. The summed E-state index contributed by atoms with van der Waals surface area (Å²) in [7, 11) is 0. The number of anilines is 1. The highest BCUT2D eigenvalue weighted by Crippen LogP contribution is 2.39. The molecule has 3 amide bonds. The first-order valence-electron chi connectivity index (χ1n) is 8.44. The number of carbonyl (C=O) groups is 2. The largest absolute Gasteiger partial charge is 0.336 e. The van der Waals surface area contributed by atoms with Crippen molar-refractivity contribution in [2.45, 2.75) is 36.6 Å². The number of hydrogen-bond acceptors (Lipinski definition) is 4. The molecule has 1 aromatic rings. The normalized spacial score (nSPS) is 21.0. The fraction of sp³-hybridized carbons (Fsp3) is 0.529. The van der Waals surface area contributed by atoms with Gasteiger partial charge in [0.25, 0.3) is 0 Å². The predicted octanol–water partition coefficient (Wildman–Crippen LogP) is 1.75. The van der Waals surface area contributed by atoms with Gasteiger partial charge in [-0.2, -0.15) is 0 Å². The molecule has 0 unspecified atom stereocenters. The van der Waals surface area contributed by atoms with E-state index in [-0.39, 0.29) is 24.0 Å². The SMILES string of the molecule is CC1(NSc2ccc3c(c2)N(C(=O)CN2CCNC2=O)CC3)CC1. The zero-order valence-corrected chi connectivity index (χ0v) is 14.6. The van der Waals surface area contributed by atoms with Crippen LogP contribution < -0.4 is 14.9 Å². The lowest BCUT2D eigenvalue weighted by Crippen LogP contribution is -2.41. The van der Waals surface area contributed by atoms with Gasteiger partial charge < -0.3 is 15.1 Å². The van der Waals surface area contributed by atoms with Crippen molar-refractivity contribution in [1.29, 1.82) is 0 Å². The van der Waals surface area contributed by atoms with E-state index >= 15 is 0 Å². The summed E-state index contributed by atoms with van der Waals surface area (Å²) in [5, 5.41) is 2.74. The molecule has 24 heavy (non-hydrogen) atoms. The number of rotatable bonds is 5. The Labute approximate surface area is 146 Å². The van der Waals surface area contributed by atoms with E-state index in [1.807, 2.05) is 4.90 Å². The van der Waals surface area contributed by atoms with Crippen molar-refractivity contribution in [3.63, 3.8) is 0 Å². The molecule has 0 bridgehead atoms. The van der Waals surface area contributed by atoms with Crippen molar-refractivity contribution in [1.82, 2.24) is 14.9 Å². The van der Waals surface area contributed by atoms with Crippen molar-refractivity contribution in [3.8, 4) is 0 Å². The van der Waals surface area contributed by atoms with E-state index < -0.39 is 0 Å². The van der Waals surface area contributed by atoms with E-state index in [1.165, 1.54) is 18.4 Å². The number of urea groups is 1. The van der Waals surface area contributed by atoms with Gasteiger partial charge in [-0.25, -0.2) is 4.79 Å². The minimum atomic E-state index is -0.144. The second-order valence-corrected chi connectivity index (χ2v) is 7.88. The van der Waals surface area contributed by atoms with E-state index in [1.54, 1.807) is 16.8 Å². The smallest absolute Gasteiger partial charge is 0.317 e. The summed E-state index contributed by atoms with van der Waals surface area (Å²) in [5.74, 6) is -0.00457. The van der Waals surface area contributed by atoms with Gasteiger partial charge in [-0.3, -0.25) is 9.52 Å². The van der Waals surface area contributed by atoms with Gasteiger partial charge in [0.2, 0.25) is 5.91 Å². The molecule has 0 atom stereocenters. The number of nitrogens with one attached hydrogen (secondary N) is 2. The van der Waals surface area contributed by atoms with Gasteiger partial charge in [0, 0.05) is 35.8 Å². The maximum atomic E-state index is 12.6.